The maximum Gasteiger partial charge on any atom is 0.265 e. The molecule has 1 atom stereocenters. The summed E-state index contributed by atoms with van der Waals surface area (Å²) in [6.45, 7) is 6.12. The van der Waals surface area contributed by atoms with Gasteiger partial charge in [0.1, 0.15) is 17.7 Å². The van der Waals surface area contributed by atoms with Crippen LogP contribution in [0.5, 0.6) is 11.5 Å². The summed E-state index contributed by atoms with van der Waals surface area (Å²) in [5.41, 5.74) is 12.7. The molecule has 0 saturated heterocycles. The number of nitrogens with two attached hydrogens (primary N) is 1. The predicted octanol–water partition coefficient (Wildman–Crippen LogP) is 4.59. The molecule has 0 radical (unpaired) electrons. The Balaban J connectivity index is 1.91. The number of para-hydroxylation sites is 1. The summed E-state index contributed by atoms with van der Waals surface area (Å²) in [7, 11) is 0. The Morgan fingerprint density at radius 2 is 1.77 bits per heavy atom. The summed E-state index contributed by atoms with van der Waals surface area (Å²) in [4.78, 5) is 13.3. The highest BCUT2D eigenvalue weighted by Crippen LogP contribution is 2.33. The molecular weight excluding hydrogens is 449 g/mol. The van der Waals surface area contributed by atoms with Crippen molar-refractivity contribution in [2.75, 3.05) is 17.3 Å². The fourth-order valence-electron chi connectivity index (χ4n) is 3.30. The van der Waals surface area contributed by atoms with Crippen LogP contribution in [0.15, 0.2) is 66.7 Å². The second-order valence-electron chi connectivity index (χ2n) is 7.97. The van der Waals surface area contributed by atoms with E-state index in [0.717, 1.165) is 0 Å². The van der Waals surface area contributed by atoms with Gasteiger partial charge >= 0.3 is 0 Å². The minimum atomic E-state index is -0.871. The molecular formula is C26H30FN5O3. The van der Waals surface area contributed by atoms with Crippen LogP contribution in [0.2, 0.25) is 0 Å². The highest BCUT2D eigenvalue weighted by molar-refractivity contribution is 5.95. The summed E-state index contributed by atoms with van der Waals surface area (Å²) in [6, 6.07) is 17.2. The molecule has 0 bridgehead atoms. The van der Waals surface area contributed by atoms with Gasteiger partial charge in [0.2, 0.25) is 0 Å². The van der Waals surface area contributed by atoms with E-state index in [4.69, 9.17) is 20.6 Å². The largest absolute Gasteiger partial charge is 0.490 e. The number of benzene rings is 3. The van der Waals surface area contributed by atoms with Crippen molar-refractivity contribution in [3.63, 3.8) is 0 Å². The molecule has 0 fully saturated rings. The van der Waals surface area contributed by atoms with Crippen LogP contribution in [-0.2, 0) is 4.79 Å². The lowest BCUT2D eigenvalue weighted by molar-refractivity contribution is -0.121. The number of carbonyl (C=O) groups excluding carboxylic acids is 1. The Bertz CT molecular complexity index is 1170. The first kappa shape index (κ1) is 25.4. The molecule has 9 heteroatoms. The number of amidine groups is 1. The summed E-state index contributed by atoms with van der Waals surface area (Å²) in [6.07, 6.45) is -0.0537. The molecule has 3 aromatic carbocycles. The number of rotatable bonds is 11. The summed E-state index contributed by atoms with van der Waals surface area (Å²) < 4.78 is 25.6. The Morgan fingerprint density at radius 3 is 2.40 bits per heavy atom. The van der Waals surface area contributed by atoms with E-state index < -0.39 is 17.8 Å². The first-order chi connectivity index (χ1) is 16.8. The first-order valence-corrected chi connectivity index (χ1v) is 11.2. The maximum atomic E-state index is 14.0. The van der Waals surface area contributed by atoms with Gasteiger partial charge in [-0.2, -0.15) is 0 Å². The van der Waals surface area contributed by atoms with E-state index in [0.29, 0.717) is 34.9 Å². The van der Waals surface area contributed by atoms with Crippen LogP contribution in [0.25, 0.3) is 0 Å². The van der Waals surface area contributed by atoms with Crippen molar-refractivity contribution in [1.29, 1.82) is 5.41 Å². The third-order valence-electron chi connectivity index (χ3n) is 4.93. The molecule has 8 nitrogen and oxygen atoms in total. The molecule has 184 valence electrons. The summed E-state index contributed by atoms with van der Waals surface area (Å²) >= 11 is 0. The highest BCUT2D eigenvalue weighted by atomic mass is 19.1. The monoisotopic (exact) mass is 479 g/mol. The fourth-order valence-corrected chi connectivity index (χ4v) is 3.30. The number of nitrogen functional groups attached to an aromatic ring is 1. The zero-order valence-electron chi connectivity index (χ0n) is 19.9. The van der Waals surface area contributed by atoms with Crippen molar-refractivity contribution in [3.8, 4) is 11.5 Å². The van der Waals surface area contributed by atoms with Gasteiger partial charge in [-0.15, -0.1) is 0 Å². The molecule has 0 aliphatic rings. The minimum absolute atomic E-state index is 0.0537. The van der Waals surface area contributed by atoms with Crippen LogP contribution in [-0.4, -0.2) is 24.5 Å². The quantitative estimate of drug-likeness (QED) is 0.156. The van der Waals surface area contributed by atoms with Gasteiger partial charge in [0.15, 0.2) is 11.5 Å². The lowest BCUT2D eigenvalue weighted by atomic mass is 10.0. The Kier molecular flexibility index (Phi) is 8.50. The van der Waals surface area contributed by atoms with Gasteiger partial charge in [-0.05, 0) is 74.9 Å². The molecule has 0 aliphatic heterocycles. The van der Waals surface area contributed by atoms with Crippen molar-refractivity contribution in [2.45, 2.75) is 32.9 Å². The van der Waals surface area contributed by atoms with E-state index in [2.05, 4.69) is 16.2 Å². The molecule has 0 saturated carbocycles. The number of ether oxygens (including phenoxy) is 2. The number of anilines is 2. The molecule has 3 rings (SSSR count). The van der Waals surface area contributed by atoms with Crippen molar-refractivity contribution in [1.82, 2.24) is 5.43 Å². The Labute approximate surface area is 204 Å². The van der Waals surface area contributed by atoms with Crippen LogP contribution in [0.3, 0.4) is 0 Å². The van der Waals surface area contributed by atoms with Gasteiger partial charge in [0, 0.05) is 11.3 Å². The van der Waals surface area contributed by atoms with E-state index in [-0.39, 0.29) is 17.6 Å². The lowest BCUT2D eigenvalue weighted by Gasteiger charge is -2.22. The van der Waals surface area contributed by atoms with E-state index >= 15 is 0 Å². The van der Waals surface area contributed by atoms with E-state index in [9.17, 15) is 9.18 Å². The smallest absolute Gasteiger partial charge is 0.265 e. The average molecular weight is 480 g/mol. The van der Waals surface area contributed by atoms with Crippen LogP contribution in [0.4, 0.5) is 15.8 Å². The SMILES string of the molecule is CCOc1cc(C(Nc2ccc(C(=N)N)cc2)C(=O)NNc2ccccc2F)ccc1OC(C)C. The Hall–Kier alpha value is -4.27. The van der Waals surface area contributed by atoms with Crippen molar-refractivity contribution in [2.24, 2.45) is 5.73 Å². The number of nitrogens with one attached hydrogen (secondary N) is 4. The molecule has 3 aromatic rings. The number of amides is 1. The molecule has 35 heavy (non-hydrogen) atoms. The molecule has 0 aromatic heterocycles. The average Bonchev–Trinajstić information content (AvgIpc) is 2.83. The number of hydrogen-bond acceptors (Lipinski definition) is 6. The Morgan fingerprint density at radius 1 is 1.06 bits per heavy atom. The molecule has 0 heterocycles. The third kappa shape index (κ3) is 6.86. The van der Waals surface area contributed by atoms with E-state index in [1.807, 2.05) is 20.8 Å². The van der Waals surface area contributed by atoms with Gasteiger partial charge < -0.3 is 20.5 Å². The summed E-state index contributed by atoms with van der Waals surface area (Å²) in [5, 5.41) is 10.8. The third-order valence-corrected chi connectivity index (χ3v) is 4.93. The number of hydrogen-bond donors (Lipinski definition) is 5. The van der Waals surface area contributed by atoms with E-state index in [1.54, 1.807) is 54.6 Å². The second-order valence-corrected chi connectivity index (χ2v) is 7.97. The maximum absolute atomic E-state index is 14.0. The van der Waals surface area contributed by atoms with Crippen LogP contribution in [0, 0.1) is 11.2 Å². The van der Waals surface area contributed by atoms with Gasteiger partial charge in [-0.1, -0.05) is 18.2 Å². The number of hydrazine groups is 1. The standard InChI is InChI=1S/C26H30FN5O3/c1-4-34-23-15-18(11-14-22(23)35-16(2)3)24(30-19-12-9-17(10-13-19)25(28)29)26(33)32-31-21-8-6-5-7-20(21)27/h5-16,24,30-31H,4H2,1-3H3,(H3,28,29)(H,32,33). The summed E-state index contributed by atoms with van der Waals surface area (Å²) in [5.74, 6) is 0.0733. The molecule has 0 spiro atoms. The lowest BCUT2D eigenvalue weighted by Crippen LogP contribution is -2.37. The predicted molar refractivity (Wildman–Crippen MR) is 135 cm³/mol. The van der Waals surface area contributed by atoms with Gasteiger partial charge in [0.25, 0.3) is 5.91 Å². The topological polar surface area (TPSA) is 121 Å². The van der Waals surface area contributed by atoms with E-state index in [1.165, 1.54) is 12.1 Å². The number of carbonyl (C=O) groups is 1. The van der Waals surface area contributed by atoms with Crippen LogP contribution in [0.1, 0.15) is 37.9 Å². The van der Waals surface area contributed by atoms with Crippen LogP contribution >= 0.6 is 0 Å². The van der Waals surface area contributed by atoms with Gasteiger partial charge in [0.05, 0.1) is 18.4 Å². The highest BCUT2D eigenvalue weighted by Gasteiger charge is 2.23. The van der Waals surface area contributed by atoms with Gasteiger partial charge in [-0.3, -0.25) is 21.1 Å². The fraction of sp³-hybridized carbons (Fsp3) is 0.231. The van der Waals surface area contributed by atoms with Gasteiger partial charge in [-0.25, -0.2) is 4.39 Å². The molecule has 6 N–H and O–H groups in total. The molecule has 0 aliphatic carbocycles. The molecule has 1 unspecified atom stereocenters. The first-order valence-electron chi connectivity index (χ1n) is 11.2. The molecule has 1 amide bonds. The zero-order chi connectivity index (χ0) is 25.4. The second kappa shape index (κ2) is 11.7. The number of halogens is 1. The van der Waals surface area contributed by atoms with Crippen LogP contribution < -0.4 is 31.4 Å². The minimum Gasteiger partial charge on any atom is -0.490 e. The van der Waals surface area contributed by atoms with Crippen molar-refractivity contribution < 1.29 is 18.7 Å². The van der Waals surface area contributed by atoms with Crippen molar-refractivity contribution in [3.05, 3.63) is 83.7 Å². The normalized spacial score (nSPS) is 11.5. The zero-order valence-corrected chi connectivity index (χ0v) is 19.9. The van der Waals surface area contributed by atoms with Crippen molar-refractivity contribution >= 4 is 23.1 Å².